The van der Waals surface area contributed by atoms with Gasteiger partial charge in [0, 0.05) is 0 Å². The number of carbonyl (C=O) groups is 1. The third kappa shape index (κ3) is 2.58. The van der Waals surface area contributed by atoms with Crippen molar-refractivity contribution in [3.05, 3.63) is 29.8 Å². The summed E-state index contributed by atoms with van der Waals surface area (Å²) in [5, 5.41) is 21.7. The van der Waals surface area contributed by atoms with E-state index >= 15 is 0 Å². The number of aromatic hydroxyl groups is 1. The molecule has 1 fully saturated rings. The predicted octanol–water partition coefficient (Wildman–Crippen LogP) is 1.84. The Bertz CT molecular complexity index is 394. The van der Waals surface area contributed by atoms with E-state index in [-0.39, 0.29) is 12.2 Å². The Kier molecular flexibility index (Phi) is 3.33. The Balaban J connectivity index is 2.31. The molecule has 1 heterocycles. The van der Waals surface area contributed by atoms with Crippen molar-refractivity contribution in [1.29, 1.82) is 0 Å². The monoisotopic (exact) mass is 235 g/mol. The van der Waals surface area contributed by atoms with E-state index < -0.39 is 11.5 Å². The fraction of sp³-hybridized carbons (Fsp3) is 0.462. The van der Waals surface area contributed by atoms with Gasteiger partial charge in [-0.25, -0.2) is 0 Å². The molecule has 2 rings (SSSR count). The molecule has 17 heavy (non-hydrogen) atoms. The molecule has 92 valence electrons. The fourth-order valence-corrected chi connectivity index (χ4v) is 2.51. The van der Waals surface area contributed by atoms with Crippen LogP contribution in [0.25, 0.3) is 0 Å². The highest BCUT2D eigenvalue weighted by Crippen LogP contribution is 2.34. The minimum Gasteiger partial charge on any atom is -0.508 e. The van der Waals surface area contributed by atoms with Gasteiger partial charge in [-0.3, -0.25) is 4.79 Å². The highest BCUT2D eigenvalue weighted by atomic mass is 16.4. The van der Waals surface area contributed by atoms with Gasteiger partial charge in [0.2, 0.25) is 0 Å². The van der Waals surface area contributed by atoms with Crippen molar-refractivity contribution in [1.82, 2.24) is 5.32 Å². The summed E-state index contributed by atoms with van der Waals surface area (Å²) in [7, 11) is 0. The van der Waals surface area contributed by atoms with Gasteiger partial charge in [0.25, 0.3) is 0 Å². The summed E-state index contributed by atoms with van der Waals surface area (Å²) >= 11 is 0. The first kappa shape index (κ1) is 11.9. The lowest BCUT2D eigenvalue weighted by molar-refractivity contribution is -0.139. The van der Waals surface area contributed by atoms with E-state index in [1.165, 1.54) is 0 Å². The van der Waals surface area contributed by atoms with Crippen LogP contribution in [0.2, 0.25) is 0 Å². The van der Waals surface area contributed by atoms with Crippen molar-refractivity contribution in [2.75, 3.05) is 6.54 Å². The number of hydrogen-bond acceptors (Lipinski definition) is 3. The number of nitrogens with one attached hydrogen (secondary N) is 1. The topological polar surface area (TPSA) is 69.6 Å². The van der Waals surface area contributed by atoms with Crippen molar-refractivity contribution in [2.24, 2.45) is 0 Å². The summed E-state index contributed by atoms with van der Waals surface area (Å²) in [5.74, 6) is -0.595. The molecule has 4 heteroatoms. The van der Waals surface area contributed by atoms with Gasteiger partial charge < -0.3 is 15.5 Å². The summed E-state index contributed by atoms with van der Waals surface area (Å²) in [4.78, 5) is 11.0. The number of piperidine rings is 1. The van der Waals surface area contributed by atoms with Crippen LogP contribution in [0.15, 0.2) is 24.3 Å². The molecule has 1 aromatic carbocycles. The maximum absolute atomic E-state index is 11.0. The normalized spacial score (nSPS) is 24.5. The van der Waals surface area contributed by atoms with Crippen LogP contribution in [0.1, 0.15) is 31.2 Å². The van der Waals surface area contributed by atoms with E-state index in [4.69, 9.17) is 5.11 Å². The van der Waals surface area contributed by atoms with Gasteiger partial charge in [-0.05, 0) is 43.5 Å². The summed E-state index contributed by atoms with van der Waals surface area (Å²) in [5.41, 5.74) is 0.468. The summed E-state index contributed by atoms with van der Waals surface area (Å²) in [6, 6.07) is 6.82. The number of phenols is 1. The van der Waals surface area contributed by atoms with Crippen molar-refractivity contribution >= 4 is 5.97 Å². The smallest absolute Gasteiger partial charge is 0.305 e. The molecule has 1 aliphatic rings. The largest absolute Gasteiger partial charge is 0.508 e. The number of carboxylic acids is 1. The van der Waals surface area contributed by atoms with Crippen LogP contribution < -0.4 is 5.32 Å². The van der Waals surface area contributed by atoms with Gasteiger partial charge in [0.15, 0.2) is 0 Å². The highest BCUT2D eigenvalue weighted by Gasteiger charge is 2.35. The Morgan fingerprint density at radius 1 is 1.29 bits per heavy atom. The molecule has 4 nitrogen and oxygen atoms in total. The molecule has 0 bridgehead atoms. The second kappa shape index (κ2) is 4.75. The first-order chi connectivity index (χ1) is 8.12. The lowest BCUT2D eigenvalue weighted by Gasteiger charge is -2.38. The summed E-state index contributed by atoms with van der Waals surface area (Å²) < 4.78 is 0. The van der Waals surface area contributed by atoms with E-state index in [2.05, 4.69) is 5.32 Å². The molecular weight excluding hydrogens is 218 g/mol. The highest BCUT2D eigenvalue weighted by molar-refractivity contribution is 5.69. The number of hydrogen-bond donors (Lipinski definition) is 3. The minimum absolute atomic E-state index is 0.0811. The first-order valence-electron chi connectivity index (χ1n) is 5.89. The Hall–Kier alpha value is -1.55. The SMILES string of the molecule is O=C(O)CC1(c2ccc(O)cc2)CCCCN1. The molecule has 1 saturated heterocycles. The maximum Gasteiger partial charge on any atom is 0.305 e. The molecule has 0 amide bonds. The average Bonchev–Trinajstić information content (AvgIpc) is 2.30. The molecule has 3 N–H and O–H groups in total. The van der Waals surface area contributed by atoms with E-state index in [9.17, 15) is 9.90 Å². The summed E-state index contributed by atoms with van der Waals surface area (Å²) in [6.07, 6.45) is 3.02. The fourth-order valence-electron chi connectivity index (χ4n) is 2.51. The molecule has 1 aromatic rings. The number of aliphatic carboxylic acids is 1. The Morgan fingerprint density at radius 3 is 2.53 bits per heavy atom. The van der Waals surface area contributed by atoms with Gasteiger partial charge in [-0.1, -0.05) is 12.1 Å². The van der Waals surface area contributed by atoms with E-state index in [0.29, 0.717) is 0 Å². The molecule has 0 spiro atoms. The third-order valence-corrected chi connectivity index (χ3v) is 3.37. The Morgan fingerprint density at radius 2 is 2.00 bits per heavy atom. The van der Waals surface area contributed by atoms with E-state index in [0.717, 1.165) is 31.4 Å². The van der Waals surface area contributed by atoms with Crippen LogP contribution in [0.4, 0.5) is 0 Å². The average molecular weight is 235 g/mol. The molecule has 0 radical (unpaired) electrons. The van der Waals surface area contributed by atoms with E-state index in [1.54, 1.807) is 24.3 Å². The van der Waals surface area contributed by atoms with Crippen LogP contribution in [0, 0.1) is 0 Å². The van der Waals surface area contributed by atoms with Crippen LogP contribution in [-0.4, -0.2) is 22.7 Å². The van der Waals surface area contributed by atoms with Gasteiger partial charge in [-0.15, -0.1) is 0 Å². The standard InChI is InChI=1S/C13H17NO3/c15-11-5-3-10(4-6-11)13(9-12(16)17)7-1-2-8-14-13/h3-6,14-15H,1-2,7-9H2,(H,16,17). The zero-order chi connectivity index (χ0) is 12.3. The van der Waals surface area contributed by atoms with Gasteiger partial charge in [0.05, 0.1) is 12.0 Å². The van der Waals surface area contributed by atoms with Crippen LogP contribution in [0.3, 0.4) is 0 Å². The van der Waals surface area contributed by atoms with Crippen LogP contribution >= 0.6 is 0 Å². The van der Waals surface area contributed by atoms with Gasteiger partial charge in [-0.2, -0.15) is 0 Å². The molecule has 0 aromatic heterocycles. The Labute approximate surface area is 100 Å². The number of carboxylic acid groups (broad SMARTS) is 1. The molecule has 0 aliphatic carbocycles. The second-order valence-electron chi connectivity index (χ2n) is 4.58. The van der Waals surface area contributed by atoms with Crippen molar-refractivity contribution in [3.63, 3.8) is 0 Å². The lowest BCUT2D eigenvalue weighted by Crippen LogP contribution is -2.47. The zero-order valence-electron chi connectivity index (χ0n) is 9.65. The molecule has 0 saturated carbocycles. The van der Waals surface area contributed by atoms with Crippen LogP contribution in [-0.2, 0) is 10.3 Å². The van der Waals surface area contributed by atoms with E-state index in [1.807, 2.05) is 0 Å². The third-order valence-electron chi connectivity index (χ3n) is 3.37. The first-order valence-corrected chi connectivity index (χ1v) is 5.89. The van der Waals surface area contributed by atoms with Gasteiger partial charge >= 0.3 is 5.97 Å². The quantitative estimate of drug-likeness (QED) is 0.747. The van der Waals surface area contributed by atoms with Crippen LogP contribution in [0.5, 0.6) is 5.75 Å². The second-order valence-corrected chi connectivity index (χ2v) is 4.58. The lowest BCUT2D eigenvalue weighted by atomic mass is 9.79. The zero-order valence-corrected chi connectivity index (χ0v) is 9.65. The van der Waals surface area contributed by atoms with Crippen molar-refractivity contribution in [2.45, 2.75) is 31.2 Å². The maximum atomic E-state index is 11.0. The summed E-state index contributed by atoms with van der Waals surface area (Å²) in [6.45, 7) is 0.841. The predicted molar refractivity (Wildman–Crippen MR) is 63.9 cm³/mol. The number of phenolic OH excluding ortho intramolecular Hbond substituents is 1. The van der Waals surface area contributed by atoms with Gasteiger partial charge in [0.1, 0.15) is 5.75 Å². The molecule has 1 aliphatic heterocycles. The minimum atomic E-state index is -0.799. The molecular formula is C13H17NO3. The van der Waals surface area contributed by atoms with Crippen molar-refractivity contribution < 1.29 is 15.0 Å². The molecule has 1 unspecified atom stereocenters. The molecule has 1 atom stereocenters. The number of rotatable bonds is 3. The number of benzene rings is 1. The van der Waals surface area contributed by atoms with Crippen molar-refractivity contribution in [3.8, 4) is 5.75 Å².